The van der Waals surface area contributed by atoms with Crippen molar-refractivity contribution in [3.63, 3.8) is 0 Å². The number of aryl methyl sites for hydroxylation is 1. The third-order valence-electron chi connectivity index (χ3n) is 2.62. The van der Waals surface area contributed by atoms with Crippen LogP contribution in [0.4, 0.5) is 5.82 Å². The smallest absolute Gasteiger partial charge is 0.159 e. The first kappa shape index (κ1) is 13.9. The quantitative estimate of drug-likeness (QED) is 0.826. The molecule has 0 spiro atoms. The number of hydrogen-bond donors (Lipinski definition) is 1. The molecule has 4 nitrogen and oxygen atoms in total. The molecule has 0 aliphatic rings. The maximum Gasteiger partial charge on any atom is 0.159 e. The van der Waals surface area contributed by atoms with E-state index in [1.165, 1.54) is 0 Å². The van der Waals surface area contributed by atoms with Gasteiger partial charge in [-0.2, -0.15) is 0 Å². The minimum Gasteiger partial charge on any atom is -0.373 e. The van der Waals surface area contributed by atoms with E-state index in [0.717, 1.165) is 23.8 Å². The molecule has 1 atom stereocenters. The largest absolute Gasteiger partial charge is 0.373 e. The van der Waals surface area contributed by atoms with E-state index in [9.17, 15) is 0 Å². The number of aromatic nitrogens is 2. The molecule has 0 aliphatic heterocycles. The summed E-state index contributed by atoms with van der Waals surface area (Å²) in [5, 5.41) is 3.07. The van der Waals surface area contributed by atoms with Crippen LogP contribution < -0.4 is 5.32 Å². The lowest BCUT2D eigenvalue weighted by molar-refractivity contribution is 0.0231. The monoisotopic (exact) mass is 237 g/mol. The molecule has 1 aromatic rings. The van der Waals surface area contributed by atoms with Gasteiger partial charge in [-0.25, -0.2) is 9.97 Å². The van der Waals surface area contributed by atoms with Gasteiger partial charge < -0.3 is 10.1 Å². The van der Waals surface area contributed by atoms with Gasteiger partial charge in [-0.15, -0.1) is 0 Å². The summed E-state index contributed by atoms with van der Waals surface area (Å²) < 4.78 is 5.74. The van der Waals surface area contributed by atoms with Gasteiger partial charge >= 0.3 is 0 Å². The molecule has 1 N–H and O–H groups in total. The van der Waals surface area contributed by atoms with E-state index in [0.29, 0.717) is 12.5 Å². The Hall–Kier alpha value is -1.16. The molecule has 1 heterocycles. The van der Waals surface area contributed by atoms with Gasteiger partial charge in [0.2, 0.25) is 0 Å². The zero-order chi connectivity index (χ0) is 12.8. The predicted octanol–water partition coefficient (Wildman–Crippen LogP) is 2.81. The van der Waals surface area contributed by atoms with Gasteiger partial charge in [0.05, 0.1) is 0 Å². The summed E-state index contributed by atoms with van der Waals surface area (Å²) in [6.07, 6.45) is 0.875. The summed E-state index contributed by atoms with van der Waals surface area (Å²) in [5.41, 5.74) is 1.05. The molecule has 1 unspecified atom stereocenters. The van der Waals surface area contributed by atoms with Crippen molar-refractivity contribution < 1.29 is 4.74 Å². The Morgan fingerprint density at radius 1 is 1.29 bits per heavy atom. The fourth-order valence-electron chi connectivity index (χ4n) is 1.70. The Morgan fingerprint density at radius 2 is 2.00 bits per heavy atom. The molecule has 0 radical (unpaired) electrons. The molecule has 0 amide bonds. The maximum atomic E-state index is 5.74. The summed E-state index contributed by atoms with van der Waals surface area (Å²) in [5.74, 6) is 2.01. The number of nitrogens with zero attached hydrogens (tertiary/aromatic N) is 2. The highest BCUT2D eigenvalue weighted by atomic mass is 16.5. The SMILES string of the molecule is CCOC(c1nc(CC)cc(NC)n1)C(C)C. The van der Waals surface area contributed by atoms with E-state index < -0.39 is 0 Å². The van der Waals surface area contributed by atoms with Crippen molar-refractivity contribution in [3.05, 3.63) is 17.6 Å². The highest BCUT2D eigenvalue weighted by Gasteiger charge is 2.20. The van der Waals surface area contributed by atoms with Gasteiger partial charge in [-0.3, -0.25) is 0 Å². The molecule has 0 fully saturated rings. The van der Waals surface area contributed by atoms with Crippen molar-refractivity contribution in [2.24, 2.45) is 5.92 Å². The number of nitrogens with one attached hydrogen (secondary N) is 1. The lowest BCUT2D eigenvalue weighted by Crippen LogP contribution is -2.16. The van der Waals surface area contributed by atoms with Gasteiger partial charge in [0.15, 0.2) is 5.82 Å². The van der Waals surface area contributed by atoms with Crippen LogP contribution in [-0.2, 0) is 11.2 Å². The van der Waals surface area contributed by atoms with Crippen molar-refractivity contribution in [1.82, 2.24) is 9.97 Å². The van der Waals surface area contributed by atoms with Crippen LogP contribution in [0.15, 0.2) is 6.07 Å². The fourth-order valence-corrected chi connectivity index (χ4v) is 1.70. The Bertz CT molecular complexity index is 330. The topological polar surface area (TPSA) is 47.0 Å². The van der Waals surface area contributed by atoms with Crippen LogP contribution in [0.3, 0.4) is 0 Å². The second-order valence-electron chi connectivity index (χ2n) is 4.33. The number of rotatable bonds is 6. The third-order valence-corrected chi connectivity index (χ3v) is 2.62. The van der Waals surface area contributed by atoms with Crippen molar-refractivity contribution in [1.29, 1.82) is 0 Å². The van der Waals surface area contributed by atoms with Crippen molar-refractivity contribution in [2.45, 2.75) is 40.2 Å². The lowest BCUT2D eigenvalue weighted by atomic mass is 10.1. The van der Waals surface area contributed by atoms with E-state index in [4.69, 9.17) is 4.74 Å². The van der Waals surface area contributed by atoms with Gasteiger partial charge in [0, 0.05) is 25.4 Å². The predicted molar refractivity (Wildman–Crippen MR) is 70.2 cm³/mol. The average Bonchev–Trinajstić information content (AvgIpc) is 2.34. The molecule has 96 valence electrons. The summed E-state index contributed by atoms with van der Waals surface area (Å²) in [7, 11) is 1.87. The Balaban J connectivity index is 3.08. The zero-order valence-corrected chi connectivity index (χ0v) is 11.4. The molecular weight excluding hydrogens is 214 g/mol. The van der Waals surface area contributed by atoms with E-state index in [2.05, 4.69) is 36.1 Å². The standard InChI is InChI=1S/C13H23N3O/c1-6-10-8-11(14-5)16-13(15-10)12(9(3)4)17-7-2/h8-9,12H,6-7H2,1-5H3,(H,14,15,16). The Morgan fingerprint density at radius 3 is 2.47 bits per heavy atom. The van der Waals surface area contributed by atoms with Gasteiger partial charge in [0.25, 0.3) is 0 Å². The minimum atomic E-state index is -0.0291. The zero-order valence-electron chi connectivity index (χ0n) is 11.4. The molecule has 0 saturated carbocycles. The van der Waals surface area contributed by atoms with Crippen LogP contribution in [0, 0.1) is 5.92 Å². The minimum absolute atomic E-state index is 0.0291. The van der Waals surface area contributed by atoms with Crippen LogP contribution in [-0.4, -0.2) is 23.6 Å². The number of hydrogen-bond acceptors (Lipinski definition) is 4. The van der Waals surface area contributed by atoms with E-state index in [1.54, 1.807) is 0 Å². The average molecular weight is 237 g/mol. The van der Waals surface area contributed by atoms with Crippen LogP contribution in [0.1, 0.15) is 45.3 Å². The van der Waals surface area contributed by atoms with Crippen LogP contribution in [0.25, 0.3) is 0 Å². The Kier molecular flexibility index (Phi) is 5.35. The van der Waals surface area contributed by atoms with Crippen LogP contribution in [0.2, 0.25) is 0 Å². The molecule has 1 aromatic heterocycles. The first-order valence-corrected chi connectivity index (χ1v) is 6.29. The third kappa shape index (κ3) is 3.66. The fraction of sp³-hybridized carbons (Fsp3) is 0.692. The molecular formula is C13H23N3O. The number of ether oxygens (including phenoxy) is 1. The van der Waals surface area contributed by atoms with Crippen LogP contribution >= 0.6 is 0 Å². The van der Waals surface area contributed by atoms with E-state index >= 15 is 0 Å². The molecule has 0 saturated heterocycles. The highest BCUT2D eigenvalue weighted by Crippen LogP contribution is 2.24. The molecule has 0 bridgehead atoms. The van der Waals surface area contributed by atoms with Crippen molar-refractivity contribution in [2.75, 3.05) is 19.0 Å². The Labute approximate surface area is 104 Å². The van der Waals surface area contributed by atoms with Gasteiger partial charge in [0.1, 0.15) is 11.9 Å². The normalized spacial score (nSPS) is 12.8. The lowest BCUT2D eigenvalue weighted by Gasteiger charge is -2.20. The van der Waals surface area contributed by atoms with Gasteiger partial charge in [-0.1, -0.05) is 20.8 Å². The summed E-state index contributed by atoms with van der Waals surface area (Å²) in [6.45, 7) is 9.02. The maximum absolute atomic E-state index is 5.74. The van der Waals surface area contributed by atoms with Crippen molar-refractivity contribution >= 4 is 5.82 Å². The molecule has 0 aromatic carbocycles. The number of anilines is 1. The summed E-state index contributed by atoms with van der Waals surface area (Å²) in [6, 6.07) is 1.98. The summed E-state index contributed by atoms with van der Waals surface area (Å²) in [4.78, 5) is 9.06. The molecule has 1 rings (SSSR count). The van der Waals surface area contributed by atoms with Gasteiger partial charge in [-0.05, 0) is 19.3 Å². The van der Waals surface area contributed by atoms with Crippen LogP contribution in [0.5, 0.6) is 0 Å². The molecule has 4 heteroatoms. The molecule has 0 aliphatic carbocycles. The second-order valence-corrected chi connectivity index (χ2v) is 4.33. The van der Waals surface area contributed by atoms with E-state index in [-0.39, 0.29) is 6.10 Å². The first-order chi connectivity index (χ1) is 8.12. The van der Waals surface area contributed by atoms with Crippen molar-refractivity contribution in [3.8, 4) is 0 Å². The molecule has 17 heavy (non-hydrogen) atoms. The van der Waals surface area contributed by atoms with E-state index in [1.807, 2.05) is 20.0 Å². The first-order valence-electron chi connectivity index (χ1n) is 6.29. The highest BCUT2D eigenvalue weighted by molar-refractivity contribution is 5.35. The second kappa shape index (κ2) is 6.55. The summed E-state index contributed by atoms with van der Waals surface area (Å²) >= 11 is 0.